The van der Waals surface area contributed by atoms with Crippen LogP contribution in [0.25, 0.3) is 22.6 Å². The van der Waals surface area contributed by atoms with Crippen molar-refractivity contribution in [1.82, 2.24) is 35.1 Å². The number of carbonyl (C=O) groups is 1. The van der Waals surface area contributed by atoms with Gasteiger partial charge in [0.25, 0.3) is 0 Å². The zero-order valence-corrected chi connectivity index (χ0v) is 23.2. The molecule has 0 unspecified atom stereocenters. The zero-order valence-electron chi connectivity index (χ0n) is 23.2. The van der Waals surface area contributed by atoms with E-state index in [2.05, 4.69) is 35.5 Å². The van der Waals surface area contributed by atoms with Crippen molar-refractivity contribution >= 4 is 17.5 Å². The molecule has 0 aliphatic carbocycles. The maximum Gasteiger partial charge on any atom is 0.230 e. The molecule has 3 N–H and O–H groups in total. The predicted octanol–water partition coefficient (Wildman–Crippen LogP) is 3.93. The fraction of sp³-hybridized carbons (Fsp3) is 0.345. The Kier molecular flexibility index (Phi) is 8.62. The first-order valence-corrected chi connectivity index (χ1v) is 13.3. The van der Waals surface area contributed by atoms with Gasteiger partial charge in [-0.15, -0.1) is 0 Å². The number of pyridine rings is 1. The van der Waals surface area contributed by atoms with Crippen LogP contribution in [0.15, 0.2) is 61.1 Å². The number of nitrogens with one attached hydrogen (secondary N) is 3. The summed E-state index contributed by atoms with van der Waals surface area (Å²) in [5.74, 6) is 0.328. The summed E-state index contributed by atoms with van der Waals surface area (Å²) in [6, 6.07) is 11.4. The lowest BCUT2D eigenvalue weighted by atomic mass is 9.91. The van der Waals surface area contributed by atoms with E-state index in [1.165, 1.54) is 12.1 Å². The molecule has 0 bridgehead atoms. The van der Waals surface area contributed by atoms with Crippen molar-refractivity contribution in [3.05, 3.63) is 72.7 Å². The van der Waals surface area contributed by atoms with Gasteiger partial charge in [0.05, 0.1) is 35.7 Å². The smallest absolute Gasteiger partial charge is 0.230 e. The van der Waals surface area contributed by atoms with Crippen LogP contribution in [0.4, 0.5) is 16.0 Å². The maximum atomic E-state index is 13.7. The number of rotatable bonds is 10. The summed E-state index contributed by atoms with van der Waals surface area (Å²) in [6.07, 6.45) is 5.00. The first-order chi connectivity index (χ1) is 19.8. The number of ether oxygens (including phenoxy) is 2. The number of hydrogen-bond acceptors (Lipinski definition) is 9. The van der Waals surface area contributed by atoms with Crippen LogP contribution in [0, 0.1) is 11.2 Å². The lowest BCUT2D eigenvalue weighted by molar-refractivity contribution is -0.231. The van der Waals surface area contributed by atoms with E-state index in [1.54, 1.807) is 36.8 Å². The lowest BCUT2D eigenvalue weighted by Gasteiger charge is -2.35. The molecule has 1 amide bonds. The molecule has 0 saturated carbocycles. The van der Waals surface area contributed by atoms with Gasteiger partial charge >= 0.3 is 0 Å². The number of carbonyl (C=O) groups excluding carboxylic acids is 1. The van der Waals surface area contributed by atoms with Gasteiger partial charge in [-0.05, 0) is 76.4 Å². The highest BCUT2D eigenvalue weighted by Crippen LogP contribution is 2.35. The molecule has 12 heteroatoms. The van der Waals surface area contributed by atoms with Crippen LogP contribution in [0.3, 0.4) is 0 Å². The molecular formula is C29H33FN8O3. The molecule has 3 aromatic heterocycles. The normalized spacial score (nSPS) is 18.8. The average molecular weight is 561 g/mol. The third-order valence-corrected chi connectivity index (χ3v) is 6.63. The van der Waals surface area contributed by atoms with Crippen LogP contribution in [-0.4, -0.2) is 76.1 Å². The molecule has 1 saturated heterocycles. The number of hydrogen-bond donors (Lipinski definition) is 3. The molecule has 0 atom stereocenters. The molecule has 214 valence electrons. The molecule has 0 spiro atoms. The number of amides is 1. The minimum Gasteiger partial charge on any atom is -0.355 e. The highest BCUT2D eigenvalue weighted by atomic mass is 19.1. The minimum absolute atomic E-state index is 0.114. The van der Waals surface area contributed by atoms with E-state index < -0.39 is 11.7 Å². The molecule has 4 aromatic rings. The Morgan fingerprint density at radius 1 is 1.07 bits per heavy atom. The Labute approximate surface area is 237 Å². The molecule has 1 aromatic carbocycles. The fourth-order valence-electron chi connectivity index (χ4n) is 4.34. The third-order valence-electron chi connectivity index (χ3n) is 6.63. The zero-order chi connectivity index (χ0) is 28.8. The van der Waals surface area contributed by atoms with Crippen molar-refractivity contribution in [2.45, 2.75) is 19.6 Å². The molecule has 1 fully saturated rings. The van der Waals surface area contributed by atoms with Gasteiger partial charge in [-0.1, -0.05) is 0 Å². The van der Waals surface area contributed by atoms with Crippen molar-refractivity contribution in [2.75, 3.05) is 45.7 Å². The number of nitrogens with zero attached hydrogens (tertiary/aromatic N) is 5. The van der Waals surface area contributed by atoms with Gasteiger partial charge in [0.2, 0.25) is 18.1 Å². The summed E-state index contributed by atoms with van der Waals surface area (Å²) in [5, 5.41) is 6.14. The van der Waals surface area contributed by atoms with E-state index in [9.17, 15) is 9.18 Å². The van der Waals surface area contributed by atoms with E-state index >= 15 is 0 Å². The van der Waals surface area contributed by atoms with E-state index in [1.807, 2.05) is 33.2 Å². The van der Waals surface area contributed by atoms with E-state index in [-0.39, 0.29) is 24.9 Å². The second-order valence-electron chi connectivity index (χ2n) is 10.4. The Morgan fingerprint density at radius 3 is 2.51 bits per heavy atom. The summed E-state index contributed by atoms with van der Waals surface area (Å²) in [5.41, 5.74) is 2.34. The number of halogens is 1. The summed E-state index contributed by atoms with van der Waals surface area (Å²) in [4.78, 5) is 36.0. The van der Waals surface area contributed by atoms with Crippen molar-refractivity contribution in [1.29, 1.82) is 0 Å². The van der Waals surface area contributed by atoms with Gasteiger partial charge < -0.3 is 30.0 Å². The van der Waals surface area contributed by atoms with Gasteiger partial charge in [-0.25, -0.2) is 19.3 Å². The number of aromatic nitrogens is 5. The molecule has 5 rings (SSSR count). The second kappa shape index (κ2) is 12.5. The molecule has 0 radical (unpaired) electrons. The Hall–Kier alpha value is -4.26. The van der Waals surface area contributed by atoms with Gasteiger partial charge in [-0.3, -0.25) is 9.78 Å². The van der Waals surface area contributed by atoms with E-state index in [0.717, 1.165) is 18.7 Å². The number of benzene rings is 1. The van der Waals surface area contributed by atoms with Gasteiger partial charge in [-0.2, -0.15) is 0 Å². The van der Waals surface area contributed by atoms with E-state index in [4.69, 9.17) is 14.5 Å². The van der Waals surface area contributed by atoms with Crippen LogP contribution in [0.1, 0.15) is 25.5 Å². The largest absolute Gasteiger partial charge is 0.355 e. The van der Waals surface area contributed by atoms with Crippen LogP contribution < -0.4 is 10.6 Å². The summed E-state index contributed by atoms with van der Waals surface area (Å²) in [7, 11) is 3.99. The summed E-state index contributed by atoms with van der Waals surface area (Å²) < 4.78 is 25.7. The number of H-pyrrole nitrogens is 1. The van der Waals surface area contributed by atoms with Crippen LogP contribution >= 0.6 is 0 Å². The maximum absolute atomic E-state index is 13.7. The fourth-order valence-corrected chi connectivity index (χ4v) is 4.34. The minimum atomic E-state index is -0.829. The molecule has 11 nitrogen and oxygen atoms in total. The SMILES string of the molecule is CN(C)CCCNC(=O)C1(C)COC(c2nc(-c3ccc(F)cc3)c(-c3ccnc(Nc4ccncc4)n3)[nH]2)OC1. The average Bonchev–Trinajstić information content (AvgIpc) is 3.42. The molecule has 1 aliphatic rings. The highest BCUT2D eigenvalue weighted by Gasteiger charge is 2.40. The van der Waals surface area contributed by atoms with Crippen LogP contribution in [-0.2, 0) is 14.3 Å². The van der Waals surface area contributed by atoms with Crippen molar-refractivity contribution in [3.63, 3.8) is 0 Å². The van der Waals surface area contributed by atoms with E-state index in [0.29, 0.717) is 41.0 Å². The molecule has 4 heterocycles. The lowest BCUT2D eigenvalue weighted by Crippen LogP contribution is -2.49. The first-order valence-electron chi connectivity index (χ1n) is 13.3. The second-order valence-corrected chi connectivity index (χ2v) is 10.4. The topological polar surface area (TPSA) is 130 Å². The molecule has 41 heavy (non-hydrogen) atoms. The quantitative estimate of drug-likeness (QED) is 0.247. The highest BCUT2D eigenvalue weighted by molar-refractivity contribution is 5.82. The van der Waals surface area contributed by atoms with Gasteiger partial charge in [0.15, 0.2) is 5.82 Å². The summed E-state index contributed by atoms with van der Waals surface area (Å²) in [6.45, 7) is 3.60. The third kappa shape index (κ3) is 6.91. The van der Waals surface area contributed by atoms with Crippen molar-refractivity contribution in [3.8, 4) is 22.6 Å². The number of aromatic amines is 1. The number of imidazole rings is 1. The van der Waals surface area contributed by atoms with Gasteiger partial charge in [0.1, 0.15) is 5.82 Å². The Morgan fingerprint density at radius 2 is 1.80 bits per heavy atom. The number of anilines is 2. The predicted molar refractivity (Wildman–Crippen MR) is 151 cm³/mol. The van der Waals surface area contributed by atoms with Gasteiger partial charge in [0, 0.05) is 36.4 Å². The summed E-state index contributed by atoms with van der Waals surface area (Å²) >= 11 is 0. The Bertz CT molecular complexity index is 1450. The first kappa shape index (κ1) is 28.3. The Balaban J connectivity index is 1.36. The monoisotopic (exact) mass is 560 g/mol. The molecular weight excluding hydrogens is 527 g/mol. The van der Waals surface area contributed by atoms with Crippen LogP contribution in [0.2, 0.25) is 0 Å². The van der Waals surface area contributed by atoms with Crippen molar-refractivity contribution < 1.29 is 18.7 Å². The van der Waals surface area contributed by atoms with Crippen molar-refractivity contribution in [2.24, 2.45) is 5.41 Å². The molecule has 1 aliphatic heterocycles. The standard InChI is InChI=1S/C29H33FN8O3/c1-29(27(39)32-12-4-16-38(2)3)17-40-26(41-18-29)25-36-23(19-5-7-20(30)8-6-19)24(37-25)22-11-15-33-28(35-22)34-21-9-13-31-14-10-21/h5-11,13-15,26H,4,12,16-18H2,1-3H3,(H,32,39)(H,36,37)(H,31,33,34,35). The van der Waals surface area contributed by atoms with Crippen LogP contribution in [0.5, 0.6) is 0 Å².